The van der Waals surface area contributed by atoms with Gasteiger partial charge in [0.05, 0.1) is 0 Å². The van der Waals surface area contributed by atoms with Gasteiger partial charge in [0.15, 0.2) is 0 Å². The lowest BCUT2D eigenvalue weighted by molar-refractivity contribution is 0.271. The molecular formula is C16H28N4. The van der Waals surface area contributed by atoms with Crippen molar-refractivity contribution in [1.29, 1.82) is 0 Å². The molecule has 20 heavy (non-hydrogen) atoms. The van der Waals surface area contributed by atoms with Gasteiger partial charge in [-0.3, -0.25) is 4.98 Å². The number of nitrogens with zero attached hydrogens (tertiary/aromatic N) is 3. The van der Waals surface area contributed by atoms with E-state index in [1.165, 1.54) is 11.3 Å². The van der Waals surface area contributed by atoms with E-state index < -0.39 is 0 Å². The number of hydrogen-bond acceptors (Lipinski definition) is 4. The van der Waals surface area contributed by atoms with E-state index in [-0.39, 0.29) is 0 Å². The molecule has 0 aliphatic carbocycles. The Morgan fingerprint density at radius 3 is 2.65 bits per heavy atom. The van der Waals surface area contributed by atoms with Crippen molar-refractivity contribution in [3.8, 4) is 0 Å². The van der Waals surface area contributed by atoms with Gasteiger partial charge in [-0.1, -0.05) is 20.8 Å². The van der Waals surface area contributed by atoms with Crippen LogP contribution in [0, 0.1) is 5.92 Å². The lowest BCUT2D eigenvalue weighted by Crippen LogP contribution is -2.46. The van der Waals surface area contributed by atoms with Gasteiger partial charge in [0.2, 0.25) is 0 Å². The molecule has 0 amide bonds. The van der Waals surface area contributed by atoms with Crippen molar-refractivity contribution in [2.24, 2.45) is 5.92 Å². The molecule has 0 radical (unpaired) electrons. The van der Waals surface area contributed by atoms with E-state index in [0.717, 1.165) is 45.8 Å². The molecule has 0 atom stereocenters. The first-order valence-corrected chi connectivity index (χ1v) is 7.81. The molecule has 1 aromatic rings. The Morgan fingerprint density at radius 1 is 1.25 bits per heavy atom. The maximum atomic E-state index is 4.29. The van der Waals surface area contributed by atoms with Crippen LogP contribution in [0.15, 0.2) is 18.5 Å². The second-order valence-corrected chi connectivity index (χ2v) is 5.95. The molecule has 1 aliphatic rings. The van der Waals surface area contributed by atoms with Gasteiger partial charge in [-0.2, -0.15) is 0 Å². The summed E-state index contributed by atoms with van der Waals surface area (Å²) in [6.07, 6.45) is 3.92. The average molecular weight is 276 g/mol. The zero-order chi connectivity index (χ0) is 14.4. The minimum Gasteiger partial charge on any atom is -0.369 e. The van der Waals surface area contributed by atoms with Crippen LogP contribution in [0.25, 0.3) is 0 Å². The Labute approximate surface area is 123 Å². The molecule has 1 N–H and O–H groups in total. The fourth-order valence-electron chi connectivity index (χ4n) is 2.67. The molecule has 0 unspecified atom stereocenters. The molecule has 2 rings (SSSR count). The molecule has 0 spiro atoms. The third-order valence-electron chi connectivity index (χ3n) is 3.91. The Morgan fingerprint density at radius 2 is 2.00 bits per heavy atom. The Hall–Kier alpha value is -1.13. The van der Waals surface area contributed by atoms with Crippen molar-refractivity contribution in [2.75, 3.05) is 44.2 Å². The largest absolute Gasteiger partial charge is 0.369 e. The van der Waals surface area contributed by atoms with Crippen LogP contribution in [-0.4, -0.2) is 49.2 Å². The number of hydrogen-bond donors (Lipinski definition) is 1. The summed E-state index contributed by atoms with van der Waals surface area (Å²) in [7, 11) is 0. The molecule has 1 fully saturated rings. The number of likely N-dealkylation sites (N-methyl/N-ethyl adjacent to an activating group) is 1. The predicted octanol–water partition coefficient (Wildman–Crippen LogP) is 1.97. The quantitative estimate of drug-likeness (QED) is 0.861. The molecule has 4 nitrogen and oxygen atoms in total. The Bertz CT molecular complexity index is 397. The molecule has 112 valence electrons. The first-order chi connectivity index (χ1) is 9.70. The van der Waals surface area contributed by atoms with Crippen LogP contribution in [0.1, 0.15) is 26.3 Å². The second-order valence-electron chi connectivity index (χ2n) is 5.95. The van der Waals surface area contributed by atoms with Gasteiger partial charge >= 0.3 is 0 Å². The highest BCUT2D eigenvalue weighted by Crippen LogP contribution is 2.20. The van der Waals surface area contributed by atoms with Crippen molar-refractivity contribution in [1.82, 2.24) is 15.2 Å². The Balaban J connectivity index is 1.97. The predicted molar refractivity (Wildman–Crippen MR) is 85.1 cm³/mol. The zero-order valence-corrected chi connectivity index (χ0v) is 13.1. The third kappa shape index (κ3) is 4.18. The minimum absolute atomic E-state index is 0.684. The molecule has 0 bridgehead atoms. The number of aromatic nitrogens is 1. The van der Waals surface area contributed by atoms with Gasteiger partial charge in [-0.25, -0.2) is 0 Å². The fraction of sp³-hybridized carbons (Fsp3) is 0.688. The van der Waals surface area contributed by atoms with Gasteiger partial charge in [0.25, 0.3) is 0 Å². The van der Waals surface area contributed by atoms with Crippen LogP contribution in [0.2, 0.25) is 0 Å². The van der Waals surface area contributed by atoms with E-state index in [1.54, 1.807) is 0 Å². The first-order valence-electron chi connectivity index (χ1n) is 7.81. The zero-order valence-electron chi connectivity index (χ0n) is 13.1. The van der Waals surface area contributed by atoms with Crippen molar-refractivity contribution in [2.45, 2.75) is 27.3 Å². The van der Waals surface area contributed by atoms with Gasteiger partial charge < -0.3 is 15.1 Å². The number of rotatable bonds is 6. The molecule has 0 saturated carbocycles. The summed E-state index contributed by atoms with van der Waals surface area (Å²) >= 11 is 0. The van der Waals surface area contributed by atoms with Crippen molar-refractivity contribution < 1.29 is 0 Å². The minimum atomic E-state index is 0.684. The summed E-state index contributed by atoms with van der Waals surface area (Å²) in [5, 5.41) is 3.52. The molecule has 1 aromatic heterocycles. The normalized spacial score (nSPS) is 16.9. The molecule has 2 heterocycles. The van der Waals surface area contributed by atoms with Crippen LogP contribution in [0.3, 0.4) is 0 Å². The maximum Gasteiger partial charge on any atom is 0.0443 e. The van der Waals surface area contributed by atoms with E-state index in [4.69, 9.17) is 0 Å². The molecule has 0 aromatic carbocycles. The van der Waals surface area contributed by atoms with Crippen LogP contribution in [0.5, 0.6) is 0 Å². The molecular weight excluding hydrogens is 248 g/mol. The summed E-state index contributed by atoms with van der Waals surface area (Å²) in [4.78, 5) is 9.30. The molecule has 1 aliphatic heterocycles. The number of nitrogens with one attached hydrogen (secondary N) is 1. The summed E-state index contributed by atoms with van der Waals surface area (Å²) in [5.74, 6) is 0.684. The summed E-state index contributed by atoms with van der Waals surface area (Å²) < 4.78 is 0. The number of anilines is 1. The second kappa shape index (κ2) is 7.60. The SMILES string of the molecule is CCN1CCN(c2ccncc2CNCC(C)C)CC1. The lowest BCUT2D eigenvalue weighted by atomic mass is 10.1. The first kappa shape index (κ1) is 15.3. The lowest BCUT2D eigenvalue weighted by Gasteiger charge is -2.36. The van der Waals surface area contributed by atoms with Gasteiger partial charge in [0, 0.05) is 56.4 Å². The highest BCUT2D eigenvalue weighted by molar-refractivity contribution is 5.52. The van der Waals surface area contributed by atoms with Crippen LogP contribution >= 0.6 is 0 Å². The van der Waals surface area contributed by atoms with Crippen molar-refractivity contribution in [3.05, 3.63) is 24.0 Å². The Kier molecular flexibility index (Phi) is 5.80. The number of pyridine rings is 1. The maximum absolute atomic E-state index is 4.29. The van der Waals surface area contributed by atoms with E-state index in [1.807, 2.05) is 12.4 Å². The van der Waals surface area contributed by atoms with E-state index in [2.05, 4.69) is 46.9 Å². The number of piperazine rings is 1. The van der Waals surface area contributed by atoms with Crippen molar-refractivity contribution >= 4 is 5.69 Å². The third-order valence-corrected chi connectivity index (χ3v) is 3.91. The van der Waals surface area contributed by atoms with E-state index in [0.29, 0.717) is 5.92 Å². The molecule has 1 saturated heterocycles. The summed E-state index contributed by atoms with van der Waals surface area (Å²) in [6, 6.07) is 2.16. The topological polar surface area (TPSA) is 31.4 Å². The van der Waals surface area contributed by atoms with Crippen LogP contribution in [-0.2, 0) is 6.54 Å². The van der Waals surface area contributed by atoms with Crippen LogP contribution in [0.4, 0.5) is 5.69 Å². The van der Waals surface area contributed by atoms with Gasteiger partial charge in [-0.15, -0.1) is 0 Å². The monoisotopic (exact) mass is 276 g/mol. The highest BCUT2D eigenvalue weighted by Gasteiger charge is 2.17. The van der Waals surface area contributed by atoms with E-state index in [9.17, 15) is 0 Å². The summed E-state index contributed by atoms with van der Waals surface area (Å²) in [6.45, 7) is 14.4. The standard InChI is InChI=1S/C16H28N4/c1-4-19-7-9-20(10-8-19)16-5-6-17-12-15(16)13-18-11-14(2)3/h5-6,12,14,18H,4,7-11,13H2,1-3H3. The van der Waals surface area contributed by atoms with E-state index >= 15 is 0 Å². The van der Waals surface area contributed by atoms with Crippen molar-refractivity contribution in [3.63, 3.8) is 0 Å². The van der Waals surface area contributed by atoms with Crippen LogP contribution < -0.4 is 10.2 Å². The average Bonchev–Trinajstić information content (AvgIpc) is 2.47. The highest BCUT2D eigenvalue weighted by atomic mass is 15.3. The summed E-state index contributed by atoms with van der Waals surface area (Å²) in [5.41, 5.74) is 2.67. The van der Waals surface area contributed by atoms with Gasteiger partial charge in [-0.05, 0) is 25.1 Å². The fourth-order valence-corrected chi connectivity index (χ4v) is 2.67. The van der Waals surface area contributed by atoms with Gasteiger partial charge in [0.1, 0.15) is 0 Å². The smallest absolute Gasteiger partial charge is 0.0443 e. The molecule has 4 heteroatoms.